The minimum absolute atomic E-state index is 0.117. The average molecular weight is 491 g/mol. The maximum Gasteiger partial charge on any atom is 0.387 e. The minimum atomic E-state index is -2.83. The maximum atomic E-state index is 12.3. The molecular formula is C24H32F2N6OS. The Hall–Kier alpha value is -2.75. The number of hydrogen-bond donors (Lipinski definition) is 3. The molecule has 1 saturated carbocycles. The highest BCUT2D eigenvalue weighted by Crippen LogP contribution is 2.29. The lowest BCUT2D eigenvalue weighted by Gasteiger charge is -2.31. The molecule has 2 aliphatic rings. The monoisotopic (exact) mass is 490 g/mol. The summed E-state index contributed by atoms with van der Waals surface area (Å²) in [5.74, 6) is 1.89. The van der Waals surface area contributed by atoms with Crippen molar-refractivity contribution in [2.75, 3.05) is 29.6 Å². The van der Waals surface area contributed by atoms with Crippen molar-refractivity contribution < 1.29 is 13.5 Å². The molecule has 34 heavy (non-hydrogen) atoms. The lowest BCUT2D eigenvalue weighted by molar-refractivity contribution is -0.0498. The normalized spacial score (nSPS) is 19.8. The van der Waals surface area contributed by atoms with Gasteiger partial charge < -0.3 is 25.6 Å². The molecule has 10 heteroatoms. The summed E-state index contributed by atoms with van der Waals surface area (Å²) in [4.78, 5) is 11.8. The molecule has 3 N–H and O–H groups in total. The Labute approximate surface area is 204 Å². The number of aryl methyl sites for hydroxylation is 1. The topological polar surface area (TPSA) is 74.3 Å². The molecule has 4 rings (SSSR count). The van der Waals surface area contributed by atoms with Crippen LogP contribution in [-0.4, -0.2) is 47.9 Å². The van der Waals surface area contributed by atoms with E-state index in [1.165, 1.54) is 36.2 Å². The van der Waals surface area contributed by atoms with E-state index in [1.54, 1.807) is 12.1 Å². The highest BCUT2D eigenvalue weighted by molar-refractivity contribution is 7.80. The van der Waals surface area contributed by atoms with Gasteiger partial charge in [-0.15, -0.1) is 0 Å². The molecule has 1 aromatic heterocycles. The summed E-state index contributed by atoms with van der Waals surface area (Å²) in [5, 5.41) is 10.6. The number of nitrogens with one attached hydrogen (secondary N) is 3. The molecule has 1 aromatic carbocycles. The van der Waals surface area contributed by atoms with E-state index in [0.717, 1.165) is 56.0 Å². The molecule has 1 heterocycles. The van der Waals surface area contributed by atoms with E-state index in [1.807, 2.05) is 14.1 Å². The third-order valence-electron chi connectivity index (χ3n) is 6.32. The van der Waals surface area contributed by atoms with Crippen molar-refractivity contribution in [3.05, 3.63) is 35.5 Å². The molecule has 0 atom stereocenters. The predicted molar refractivity (Wildman–Crippen MR) is 135 cm³/mol. The summed E-state index contributed by atoms with van der Waals surface area (Å²) in [6, 6.07) is 6.90. The van der Waals surface area contributed by atoms with E-state index in [2.05, 4.69) is 25.6 Å². The van der Waals surface area contributed by atoms with E-state index in [4.69, 9.17) is 22.2 Å². The van der Waals surface area contributed by atoms with Crippen molar-refractivity contribution in [2.45, 2.75) is 70.1 Å². The molecule has 2 aliphatic carbocycles. The average Bonchev–Trinajstić information content (AvgIpc) is 2.80. The number of alkyl halides is 2. The molecule has 0 bridgehead atoms. The van der Waals surface area contributed by atoms with Crippen molar-refractivity contribution in [3.63, 3.8) is 0 Å². The highest BCUT2D eigenvalue weighted by Gasteiger charge is 2.24. The Kier molecular flexibility index (Phi) is 7.97. The smallest absolute Gasteiger partial charge is 0.387 e. The standard InChI is InChI=1S/C24H32F2N6OS/c1-32(2)21-19-5-3-4-6-20(19)30-23(31-21)27-15-7-9-16(10-8-15)28-24(34)29-17-11-13-18(14-12-17)33-22(25)26/h11-16,22H,3-10H2,1-2H3,(H,27,30,31)(H2,28,29,34). The molecule has 184 valence electrons. The summed E-state index contributed by atoms with van der Waals surface area (Å²) in [5.41, 5.74) is 3.20. The summed E-state index contributed by atoms with van der Waals surface area (Å²) in [7, 11) is 4.08. The van der Waals surface area contributed by atoms with Crippen LogP contribution in [-0.2, 0) is 12.8 Å². The van der Waals surface area contributed by atoms with E-state index in [-0.39, 0.29) is 11.8 Å². The summed E-state index contributed by atoms with van der Waals surface area (Å²) < 4.78 is 28.9. The van der Waals surface area contributed by atoms with Crippen LogP contribution in [0.25, 0.3) is 0 Å². The first-order valence-corrected chi connectivity index (χ1v) is 12.2. The van der Waals surface area contributed by atoms with Crippen LogP contribution in [0.15, 0.2) is 24.3 Å². The Morgan fingerprint density at radius 3 is 2.38 bits per heavy atom. The Morgan fingerprint density at radius 2 is 1.71 bits per heavy atom. The number of nitrogens with zero attached hydrogens (tertiary/aromatic N) is 3. The van der Waals surface area contributed by atoms with Crippen LogP contribution in [0.2, 0.25) is 0 Å². The predicted octanol–water partition coefficient (Wildman–Crippen LogP) is 4.73. The molecular weight excluding hydrogens is 458 g/mol. The van der Waals surface area contributed by atoms with Gasteiger partial charge in [0.05, 0.1) is 5.69 Å². The first-order chi connectivity index (χ1) is 16.4. The van der Waals surface area contributed by atoms with Gasteiger partial charge in [0.15, 0.2) is 5.11 Å². The van der Waals surface area contributed by atoms with Gasteiger partial charge >= 0.3 is 6.61 Å². The van der Waals surface area contributed by atoms with E-state index in [9.17, 15) is 8.78 Å². The van der Waals surface area contributed by atoms with Crippen molar-refractivity contribution in [3.8, 4) is 5.75 Å². The van der Waals surface area contributed by atoms with Crippen LogP contribution in [0.5, 0.6) is 5.75 Å². The summed E-state index contributed by atoms with van der Waals surface area (Å²) in [6.07, 6.45) is 8.43. The largest absolute Gasteiger partial charge is 0.435 e. The van der Waals surface area contributed by atoms with Crippen LogP contribution in [0, 0.1) is 0 Å². The van der Waals surface area contributed by atoms with Gasteiger partial charge in [-0.05, 0) is 87.8 Å². The summed E-state index contributed by atoms with van der Waals surface area (Å²) >= 11 is 5.44. The molecule has 1 fully saturated rings. The number of thiocarbonyl (C=S) groups is 1. The minimum Gasteiger partial charge on any atom is -0.435 e. The number of rotatable bonds is 7. The number of hydrogen-bond acceptors (Lipinski definition) is 6. The second kappa shape index (κ2) is 11.1. The number of aromatic nitrogens is 2. The van der Waals surface area contributed by atoms with Crippen molar-refractivity contribution in [1.29, 1.82) is 0 Å². The van der Waals surface area contributed by atoms with Gasteiger partial charge in [0.2, 0.25) is 5.95 Å². The van der Waals surface area contributed by atoms with Gasteiger partial charge in [0.1, 0.15) is 11.6 Å². The fourth-order valence-corrected chi connectivity index (χ4v) is 4.93. The maximum absolute atomic E-state index is 12.3. The highest BCUT2D eigenvalue weighted by atomic mass is 32.1. The van der Waals surface area contributed by atoms with Crippen LogP contribution >= 0.6 is 12.2 Å². The molecule has 0 amide bonds. The molecule has 0 spiro atoms. The first kappa shape index (κ1) is 24.4. The van der Waals surface area contributed by atoms with Gasteiger partial charge in [0.25, 0.3) is 0 Å². The molecule has 0 aliphatic heterocycles. The lowest BCUT2D eigenvalue weighted by atomic mass is 9.91. The van der Waals surface area contributed by atoms with E-state index < -0.39 is 6.61 Å². The number of ether oxygens (including phenoxy) is 1. The SMILES string of the molecule is CN(C)c1nc(NC2CCC(NC(=S)Nc3ccc(OC(F)F)cc3)CC2)nc2c1CCCC2. The van der Waals surface area contributed by atoms with Gasteiger partial charge in [-0.1, -0.05) is 0 Å². The van der Waals surface area contributed by atoms with Crippen molar-refractivity contribution in [1.82, 2.24) is 15.3 Å². The fourth-order valence-electron chi connectivity index (χ4n) is 4.65. The zero-order valence-electron chi connectivity index (χ0n) is 19.6. The zero-order chi connectivity index (χ0) is 24.1. The number of fused-ring (bicyclic) bond motifs is 1. The van der Waals surface area contributed by atoms with E-state index >= 15 is 0 Å². The Morgan fingerprint density at radius 1 is 1.03 bits per heavy atom. The second-order valence-corrected chi connectivity index (χ2v) is 9.50. The second-order valence-electron chi connectivity index (χ2n) is 9.09. The Bertz CT molecular complexity index is 980. The van der Waals surface area contributed by atoms with Crippen LogP contribution < -0.4 is 25.6 Å². The summed E-state index contributed by atoms with van der Waals surface area (Å²) in [6.45, 7) is -2.83. The molecule has 0 unspecified atom stereocenters. The van der Waals surface area contributed by atoms with Crippen LogP contribution in [0.3, 0.4) is 0 Å². The zero-order valence-corrected chi connectivity index (χ0v) is 20.4. The van der Waals surface area contributed by atoms with Crippen LogP contribution in [0.4, 0.5) is 26.2 Å². The Balaban J connectivity index is 1.26. The molecule has 7 nitrogen and oxygen atoms in total. The molecule has 0 saturated heterocycles. The number of benzene rings is 1. The van der Waals surface area contributed by atoms with Gasteiger partial charge in [-0.3, -0.25) is 0 Å². The molecule has 2 aromatic rings. The number of anilines is 3. The fraction of sp³-hybridized carbons (Fsp3) is 0.542. The quantitative estimate of drug-likeness (QED) is 0.481. The van der Waals surface area contributed by atoms with Crippen molar-refractivity contribution in [2.24, 2.45) is 0 Å². The van der Waals surface area contributed by atoms with E-state index in [0.29, 0.717) is 11.2 Å². The van der Waals surface area contributed by atoms with Crippen LogP contribution in [0.1, 0.15) is 49.8 Å². The lowest BCUT2D eigenvalue weighted by Crippen LogP contribution is -2.42. The van der Waals surface area contributed by atoms with Gasteiger partial charge in [-0.25, -0.2) is 4.98 Å². The molecule has 0 radical (unpaired) electrons. The number of halogens is 2. The van der Waals surface area contributed by atoms with Crippen molar-refractivity contribution >= 4 is 34.8 Å². The van der Waals surface area contributed by atoms with Gasteiger partial charge in [-0.2, -0.15) is 13.8 Å². The first-order valence-electron chi connectivity index (χ1n) is 11.8. The third kappa shape index (κ3) is 6.43. The third-order valence-corrected chi connectivity index (χ3v) is 6.54. The van der Waals surface area contributed by atoms with Gasteiger partial charge in [0, 0.05) is 37.4 Å².